The van der Waals surface area contributed by atoms with Crippen LogP contribution in [0.2, 0.25) is 0 Å². The van der Waals surface area contributed by atoms with Crippen LogP contribution >= 0.6 is 11.3 Å². The normalized spacial score (nSPS) is 11.3. The van der Waals surface area contributed by atoms with E-state index in [0.717, 1.165) is 11.3 Å². The Bertz CT molecular complexity index is 1450. The van der Waals surface area contributed by atoms with Gasteiger partial charge in [0.15, 0.2) is 23.1 Å². The number of rotatable bonds is 13. The molecule has 0 atom stereocenters. The summed E-state index contributed by atoms with van der Waals surface area (Å²) in [6.07, 6.45) is 0. The fourth-order valence-corrected chi connectivity index (χ4v) is 5.34. The summed E-state index contributed by atoms with van der Waals surface area (Å²) in [6, 6.07) is 13.6. The topological polar surface area (TPSA) is 141 Å². The van der Waals surface area contributed by atoms with Crippen LogP contribution in [0.25, 0.3) is 11.0 Å². The number of nitrogens with one attached hydrogen (secondary N) is 2. The van der Waals surface area contributed by atoms with Crippen molar-refractivity contribution in [2.75, 3.05) is 50.7 Å². The van der Waals surface area contributed by atoms with E-state index in [4.69, 9.17) is 24.1 Å². The maximum atomic E-state index is 13.0. The van der Waals surface area contributed by atoms with Crippen LogP contribution in [0.1, 0.15) is 0 Å². The lowest BCUT2D eigenvalue weighted by Crippen LogP contribution is -2.15. The van der Waals surface area contributed by atoms with Crippen molar-refractivity contribution >= 4 is 49.7 Å². The van der Waals surface area contributed by atoms with Gasteiger partial charge in [0.1, 0.15) is 16.6 Å². The Kier molecular flexibility index (Phi) is 8.61. The highest BCUT2D eigenvalue weighted by atomic mass is 32.2. The summed E-state index contributed by atoms with van der Waals surface area (Å²) >= 11 is 1.09. The number of hydrogen-bond acceptors (Lipinski definition) is 11. The summed E-state index contributed by atoms with van der Waals surface area (Å²) in [6.45, 7) is 0.494. The number of aliphatic hydroxyl groups is 1. The molecule has 2 aromatic heterocycles. The average molecular weight is 547 g/mol. The third kappa shape index (κ3) is 6.38. The minimum Gasteiger partial charge on any atom is -0.497 e. The molecule has 0 radical (unpaired) electrons. The first-order chi connectivity index (χ1) is 17.9. The molecule has 0 aliphatic carbocycles. The molecule has 3 N–H and O–H groups in total. The fourth-order valence-electron chi connectivity index (χ4n) is 3.34. The van der Waals surface area contributed by atoms with Gasteiger partial charge in [0.2, 0.25) is 0 Å². The molecule has 11 nitrogen and oxygen atoms in total. The third-order valence-electron chi connectivity index (χ3n) is 5.01. The molecule has 0 aliphatic heterocycles. The zero-order valence-corrected chi connectivity index (χ0v) is 21.8. The highest BCUT2D eigenvalue weighted by Crippen LogP contribution is 2.42. The highest BCUT2D eigenvalue weighted by Gasteiger charge is 2.22. The first kappa shape index (κ1) is 26.4. The smallest absolute Gasteiger partial charge is 0.272 e. The van der Waals surface area contributed by atoms with Gasteiger partial charge in [-0.15, -0.1) is 11.3 Å². The molecule has 0 bridgehead atoms. The summed E-state index contributed by atoms with van der Waals surface area (Å²) in [4.78, 5) is 9.14. The zero-order chi connectivity index (χ0) is 26.3. The van der Waals surface area contributed by atoms with Gasteiger partial charge in [-0.1, -0.05) is 18.2 Å². The minimum absolute atomic E-state index is 0.00566. The highest BCUT2D eigenvalue weighted by molar-refractivity contribution is 7.94. The van der Waals surface area contributed by atoms with E-state index in [-0.39, 0.29) is 42.3 Å². The maximum absolute atomic E-state index is 13.0. The van der Waals surface area contributed by atoms with Gasteiger partial charge in [0, 0.05) is 12.1 Å². The predicted molar refractivity (Wildman–Crippen MR) is 141 cm³/mol. The lowest BCUT2D eigenvalue weighted by Gasteiger charge is -2.19. The standard InChI is InChI=1S/C24H26N4O7S2/c1-32-16-14-19(22(20(15-16)33-2)35-12-11-34-10-9-29)27-23-24(26-18-7-4-3-6-17(18)25-23)28-37(30,31)21-8-5-13-36-21/h3-8,13-15,29H,9-12H2,1-2H3,(H,25,27)(H,26,28). The molecule has 196 valence electrons. The van der Waals surface area contributed by atoms with Crippen LogP contribution in [0.5, 0.6) is 17.2 Å². The first-order valence-electron chi connectivity index (χ1n) is 11.1. The molecule has 4 rings (SSSR count). The van der Waals surface area contributed by atoms with Crippen LogP contribution in [0, 0.1) is 0 Å². The monoisotopic (exact) mass is 546 g/mol. The van der Waals surface area contributed by atoms with E-state index in [2.05, 4.69) is 20.0 Å². The summed E-state index contributed by atoms with van der Waals surface area (Å²) < 4.78 is 50.8. The molecule has 13 heteroatoms. The second-order valence-electron chi connectivity index (χ2n) is 7.46. The second-order valence-corrected chi connectivity index (χ2v) is 10.3. The largest absolute Gasteiger partial charge is 0.497 e. The molecule has 0 saturated heterocycles. The van der Waals surface area contributed by atoms with Crippen LogP contribution in [-0.4, -0.2) is 64.1 Å². The molecule has 0 amide bonds. The van der Waals surface area contributed by atoms with Crippen molar-refractivity contribution in [2.24, 2.45) is 0 Å². The number of anilines is 3. The molecule has 37 heavy (non-hydrogen) atoms. The number of hydrogen-bond donors (Lipinski definition) is 3. The summed E-state index contributed by atoms with van der Waals surface area (Å²) in [5.41, 5.74) is 1.47. The molecule has 0 spiro atoms. The number of thiophene rings is 1. The fraction of sp³-hybridized carbons (Fsp3) is 0.250. The van der Waals surface area contributed by atoms with E-state index < -0.39 is 10.0 Å². The number of fused-ring (bicyclic) bond motifs is 1. The van der Waals surface area contributed by atoms with Crippen molar-refractivity contribution in [2.45, 2.75) is 4.21 Å². The van der Waals surface area contributed by atoms with E-state index in [9.17, 15) is 8.42 Å². The van der Waals surface area contributed by atoms with Crippen LogP contribution in [0.4, 0.5) is 17.3 Å². The van der Waals surface area contributed by atoms with Gasteiger partial charge < -0.3 is 29.4 Å². The maximum Gasteiger partial charge on any atom is 0.272 e. The Hall–Kier alpha value is -3.65. The van der Waals surface area contributed by atoms with Gasteiger partial charge in [0.05, 0.1) is 50.8 Å². The van der Waals surface area contributed by atoms with Gasteiger partial charge in [-0.05, 0) is 23.6 Å². The van der Waals surface area contributed by atoms with Gasteiger partial charge >= 0.3 is 0 Å². The van der Waals surface area contributed by atoms with Crippen molar-refractivity contribution < 1.29 is 32.5 Å². The number of methoxy groups -OCH3 is 2. The Morgan fingerprint density at radius 1 is 0.946 bits per heavy atom. The molecule has 0 aliphatic rings. The Labute approximate surface area is 218 Å². The van der Waals surface area contributed by atoms with Gasteiger partial charge in [0.25, 0.3) is 10.0 Å². The molecule has 0 saturated carbocycles. The van der Waals surface area contributed by atoms with Crippen molar-refractivity contribution in [3.8, 4) is 17.2 Å². The van der Waals surface area contributed by atoms with Crippen molar-refractivity contribution in [1.82, 2.24) is 9.97 Å². The van der Waals surface area contributed by atoms with E-state index in [1.165, 1.54) is 20.3 Å². The average Bonchev–Trinajstić information content (AvgIpc) is 3.45. The zero-order valence-electron chi connectivity index (χ0n) is 20.1. The number of para-hydroxylation sites is 2. The number of benzene rings is 2. The number of ether oxygens (including phenoxy) is 4. The second kappa shape index (κ2) is 12.1. The molecular weight excluding hydrogens is 520 g/mol. The lowest BCUT2D eigenvalue weighted by molar-refractivity contribution is 0.0700. The Balaban J connectivity index is 1.75. The lowest BCUT2D eigenvalue weighted by atomic mass is 10.2. The summed E-state index contributed by atoms with van der Waals surface area (Å²) in [5, 5.41) is 13.7. The molecule has 2 aromatic carbocycles. The van der Waals surface area contributed by atoms with Crippen molar-refractivity contribution in [3.63, 3.8) is 0 Å². The van der Waals surface area contributed by atoms with Crippen LogP contribution in [0.15, 0.2) is 58.1 Å². The number of sulfonamides is 1. The molecule has 4 aromatic rings. The Morgan fingerprint density at radius 2 is 1.70 bits per heavy atom. The van der Waals surface area contributed by atoms with Crippen LogP contribution in [0.3, 0.4) is 0 Å². The SMILES string of the molecule is COc1cc(Nc2nc3ccccc3nc2NS(=O)(=O)c2cccs2)c(OCCOCCO)c(OC)c1. The predicted octanol–water partition coefficient (Wildman–Crippen LogP) is 3.64. The molecule has 0 unspecified atom stereocenters. The van der Waals surface area contributed by atoms with Gasteiger partial charge in [-0.2, -0.15) is 0 Å². The van der Waals surface area contributed by atoms with Crippen molar-refractivity contribution in [1.29, 1.82) is 0 Å². The van der Waals surface area contributed by atoms with Gasteiger partial charge in [-0.25, -0.2) is 18.4 Å². The first-order valence-corrected chi connectivity index (χ1v) is 13.5. The quantitative estimate of drug-likeness (QED) is 0.213. The number of nitrogens with zero attached hydrogens (tertiary/aromatic N) is 2. The number of aromatic nitrogens is 2. The number of aliphatic hydroxyl groups excluding tert-OH is 1. The van der Waals surface area contributed by atoms with E-state index in [0.29, 0.717) is 34.0 Å². The summed E-state index contributed by atoms with van der Waals surface area (Å²) in [7, 11) is -0.902. The van der Waals surface area contributed by atoms with Crippen LogP contribution < -0.4 is 24.2 Å². The van der Waals surface area contributed by atoms with Crippen molar-refractivity contribution in [3.05, 3.63) is 53.9 Å². The van der Waals surface area contributed by atoms with E-state index >= 15 is 0 Å². The molecular formula is C24H26N4O7S2. The summed E-state index contributed by atoms with van der Waals surface area (Å²) in [5.74, 6) is 1.33. The van der Waals surface area contributed by atoms with Crippen LogP contribution in [-0.2, 0) is 14.8 Å². The Morgan fingerprint density at radius 3 is 2.35 bits per heavy atom. The molecule has 0 fully saturated rings. The van der Waals surface area contributed by atoms with E-state index in [1.54, 1.807) is 41.8 Å². The minimum atomic E-state index is -3.90. The van der Waals surface area contributed by atoms with E-state index in [1.807, 2.05) is 6.07 Å². The molecule has 2 heterocycles. The third-order valence-corrected chi connectivity index (χ3v) is 7.74. The van der Waals surface area contributed by atoms with Gasteiger partial charge in [-0.3, -0.25) is 4.72 Å².